The van der Waals surface area contributed by atoms with Crippen molar-refractivity contribution in [1.29, 1.82) is 0 Å². The maximum Gasteiger partial charge on any atom is 0.272 e. The highest BCUT2D eigenvalue weighted by atomic mass is 16.2. The number of carbonyl (C=O) groups excluding carboxylic acids is 1. The van der Waals surface area contributed by atoms with E-state index in [1.807, 2.05) is 31.0 Å². The van der Waals surface area contributed by atoms with Crippen molar-refractivity contribution in [3.8, 4) is 0 Å². The molecule has 4 nitrogen and oxygen atoms in total. The maximum atomic E-state index is 12.5. The Bertz CT molecular complexity index is 413. The van der Waals surface area contributed by atoms with Gasteiger partial charge in [-0.25, -0.2) is 0 Å². The van der Waals surface area contributed by atoms with Crippen LogP contribution in [0, 0.1) is 0 Å². The number of anilines is 1. The van der Waals surface area contributed by atoms with Crippen molar-refractivity contribution in [3.05, 3.63) is 24.0 Å². The molecule has 0 aromatic carbocycles. The summed E-state index contributed by atoms with van der Waals surface area (Å²) in [5.74, 6) is 0.0569. The smallest absolute Gasteiger partial charge is 0.272 e. The van der Waals surface area contributed by atoms with Crippen LogP contribution in [-0.4, -0.2) is 35.4 Å². The summed E-state index contributed by atoms with van der Waals surface area (Å²) in [7, 11) is 1.85. The van der Waals surface area contributed by atoms with Crippen LogP contribution >= 0.6 is 0 Å². The van der Waals surface area contributed by atoms with Gasteiger partial charge >= 0.3 is 0 Å². The molecule has 0 spiro atoms. The second kappa shape index (κ2) is 5.85. The summed E-state index contributed by atoms with van der Waals surface area (Å²) in [6.45, 7) is 2.80. The molecule has 0 atom stereocenters. The van der Waals surface area contributed by atoms with Crippen LogP contribution in [0.3, 0.4) is 0 Å². The summed E-state index contributed by atoms with van der Waals surface area (Å²) >= 11 is 0. The molecule has 1 aliphatic carbocycles. The predicted molar refractivity (Wildman–Crippen MR) is 72.8 cm³/mol. The summed E-state index contributed by atoms with van der Waals surface area (Å²) < 4.78 is 0. The van der Waals surface area contributed by atoms with E-state index in [9.17, 15) is 4.79 Å². The number of amides is 1. The molecule has 1 N–H and O–H groups in total. The van der Waals surface area contributed by atoms with Crippen molar-refractivity contribution in [2.75, 3.05) is 18.9 Å². The van der Waals surface area contributed by atoms with Gasteiger partial charge in [0.2, 0.25) is 0 Å². The summed E-state index contributed by atoms with van der Waals surface area (Å²) in [6.07, 6.45) is 6.41. The Hall–Kier alpha value is -1.58. The molecule has 1 amide bonds. The Morgan fingerprint density at radius 3 is 2.83 bits per heavy atom. The maximum absolute atomic E-state index is 12.5. The molecule has 0 bridgehead atoms. The van der Waals surface area contributed by atoms with Gasteiger partial charge in [-0.2, -0.15) is 0 Å². The number of carbonyl (C=O) groups is 1. The zero-order chi connectivity index (χ0) is 13.0. The molecule has 1 heterocycles. The summed E-state index contributed by atoms with van der Waals surface area (Å²) in [6, 6.07) is 4.09. The minimum atomic E-state index is 0.0569. The molecule has 1 aromatic rings. The van der Waals surface area contributed by atoms with Gasteiger partial charge < -0.3 is 10.2 Å². The molecule has 4 heteroatoms. The SMILES string of the molecule is CCN(C(=O)c1cc(NC)ccn1)C1CCCC1. The minimum absolute atomic E-state index is 0.0569. The van der Waals surface area contributed by atoms with Gasteiger partial charge in [0, 0.05) is 31.5 Å². The summed E-state index contributed by atoms with van der Waals surface area (Å²) in [5.41, 5.74) is 1.46. The normalized spacial score (nSPS) is 15.7. The number of pyridine rings is 1. The molecule has 0 unspecified atom stereocenters. The van der Waals surface area contributed by atoms with Gasteiger partial charge in [-0.15, -0.1) is 0 Å². The Labute approximate surface area is 108 Å². The lowest BCUT2D eigenvalue weighted by atomic mass is 10.2. The first-order valence-corrected chi connectivity index (χ1v) is 6.71. The largest absolute Gasteiger partial charge is 0.388 e. The number of hydrogen-bond donors (Lipinski definition) is 1. The molecule has 1 saturated carbocycles. The lowest BCUT2D eigenvalue weighted by Crippen LogP contribution is -2.39. The van der Waals surface area contributed by atoms with Crippen LogP contribution in [0.2, 0.25) is 0 Å². The Balaban J connectivity index is 2.16. The highest BCUT2D eigenvalue weighted by Crippen LogP contribution is 2.24. The predicted octanol–water partition coefficient (Wildman–Crippen LogP) is 2.53. The quantitative estimate of drug-likeness (QED) is 0.889. The molecule has 18 heavy (non-hydrogen) atoms. The van der Waals surface area contributed by atoms with E-state index in [0.29, 0.717) is 11.7 Å². The topological polar surface area (TPSA) is 45.2 Å². The van der Waals surface area contributed by atoms with Crippen LogP contribution in [-0.2, 0) is 0 Å². The van der Waals surface area contributed by atoms with Crippen LogP contribution in [0.1, 0.15) is 43.1 Å². The number of nitrogens with one attached hydrogen (secondary N) is 1. The third-order valence-electron chi connectivity index (χ3n) is 3.63. The third kappa shape index (κ3) is 2.63. The summed E-state index contributed by atoms with van der Waals surface area (Å²) in [4.78, 5) is 18.6. The fraction of sp³-hybridized carbons (Fsp3) is 0.571. The molecule has 2 rings (SSSR count). The van der Waals surface area contributed by atoms with Gasteiger partial charge in [-0.05, 0) is 31.9 Å². The van der Waals surface area contributed by atoms with Crippen molar-refractivity contribution in [2.45, 2.75) is 38.6 Å². The Morgan fingerprint density at radius 2 is 2.22 bits per heavy atom. The van der Waals surface area contributed by atoms with Crippen LogP contribution in [0.15, 0.2) is 18.3 Å². The molecule has 0 saturated heterocycles. The molecule has 1 aromatic heterocycles. The van der Waals surface area contributed by atoms with Gasteiger partial charge in [-0.3, -0.25) is 9.78 Å². The second-order valence-electron chi connectivity index (χ2n) is 4.71. The van der Waals surface area contributed by atoms with E-state index >= 15 is 0 Å². The first-order chi connectivity index (χ1) is 8.76. The first kappa shape index (κ1) is 12.9. The molecule has 0 aliphatic heterocycles. The molecule has 0 radical (unpaired) electrons. The van der Waals surface area contributed by atoms with E-state index in [4.69, 9.17) is 0 Å². The van der Waals surface area contributed by atoms with E-state index in [-0.39, 0.29) is 5.91 Å². The van der Waals surface area contributed by atoms with Gasteiger partial charge in [0.25, 0.3) is 5.91 Å². The molecule has 98 valence electrons. The molecule has 1 fully saturated rings. The lowest BCUT2D eigenvalue weighted by molar-refractivity contribution is 0.0687. The van der Waals surface area contributed by atoms with Crippen LogP contribution < -0.4 is 5.32 Å². The number of aromatic nitrogens is 1. The second-order valence-corrected chi connectivity index (χ2v) is 4.71. The average molecular weight is 247 g/mol. The minimum Gasteiger partial charge on any atom is -0.388 e. The highest BCUT2D eigenvalue weighted by Gasteiger charge is 2.26. The third-order valence-corrected chi connectivity index (χ3v) is 3.63. The fourth-order valence-electron chi connectivity index (χ4n) is 2.63. The van der Waals surface area contributed by atoms with Crippen molar-refractivity contribution < 1.29 is 4.79 Å². The number of hydrogen-bond acceptors (Lipinski definition) is 3. The van der Waals surface area contributed by atoms with Crippen molar-refractivity contribution in [2.24, 2.45) is 0 Å². The van der Waals surface area contributed by atoms with Crippen LogP contribution in [0.25, 0.3) is 0 Å². The van der Waals surface area contributed by atoms with E-state index < -0.39 is 0 Å². The molecule has 1 aliphatic rings. The monoisotopic (exact) mass is 247 g/mol. The lowest BCUT2D eigenvalue weighted by Gasteiger charge is -2.27. The van der Waals surface area contributed by atoms with Crippen LogP contribution in [0.5, 0.6) is 0 Å². The zero-order valence-corrected chi connectivity index (χ0v) is 11.1. The van der Waals surface area contributed by atoms with Crippen molar-refractivity contribution in [1.82, 2.24) is 9.88 Å². The Kier molecular flexibility index (Phi) is 4.18. The standard InChI is InChI=1S/C14H21N3O/c1-3-17(12-6-4-5-7-12)14(18)13-10-11(15-2)8-9-16-13/h8-10,12H,3-7H2,1-2H3,(H,15,16). The first-order valence-electron chi connectivity index (χ1n) is 6.71. The summed E-state index contributed by atoms with van der Waals surface area (Å²) in [5, 5.41) is 3.04. The van der Waals surface area contributed by atoms with Crippen LogP contribution in [0.4, 0.5) is 5.69 Å². The van der Waals surface area contributed by atoms with Crippen molar-refractivity contribution >= 4 is 11.6 Å². The molecular formula is C14H21N3O. The van der Waals surface area contributed by atoms with E-state index in [0.717, 1.165) is 25.1 Å². The Morgan fingerprint density at radius 1 is 1.50 bits per heavy atom. The molecular weight excluding hydrogens is 226 g/mol. The van der Waals surface area contributed by atoms with Gasteiger partial charge in [-0.1, -0.05) is 12.8 Å². The number of nitrogens with zero attached hydrogens (tertiary/aromatic N) is 2. The fourth-order valence-corrected chi connectivity index (χ4v) is 2.63. The van der Waals surface area contributed by atoms with Gasteiger partial charge in [0.05, 0.1) is 0 Å². The zero-order valence-electron chi connectivity index (χ0n) is 11.1. The van der Waals surface area contributed by atoms with E-state index in [2.05, 4.69) is 10.3 Å². The van der Waals surface area contributed by atoms with E-state index in [1.54, 1.807) is 6.20 Å². The van der Waals surface area contributed by atoms with Gasteiger partial charge in [0.1, 0.15) is 5.69 Å². The number of rotatable bonds is 4. The average Bonchev–Trinajstić information content (AvgIpc) is 2.93. The van der Waals surface area contributed by atoms with E-state index in [1.165, 1.54) is 12.8 Å². The van der Waals surface area contributed by atoms with Crippen molar-refractivity contribution in [3.63, 3.8) is 0 Å². The highest BCUT2D eigenvalue weighted by molar-refractivity contribution is 5.93. The van der Waals surface area contributed by atoms with Gasteiger partial charge in [0.15, 0.2) is 0 Å².